The number of hydrogen-bond acceptors (Lipinski definition) is 2. The van der Waals surface area contributed by atoms with Crippen LogP contribution in [0.25, 0.3) is 11.1 Å². The van der Waals surface area contributed by atoms with Gasteiger partial charge < -0.3 is 9.64 Å². The quantitative estimate of drug-likeness (QED) is 0.347. The normalized spacial score (nSPS) is 10.7. The molecule has 0 aromatic heterocycles. The molecule has 2 aromatic rings. The molecular weight excluding hydrogens is 358 g/mol. The van der Waals surface area contributed by atoms with Crippen molar-refractivity contribution in [3.05, 3.63) is 54.1 Å². The summed E-state index contributed by atoms with van der Waals surface area (Å²) in [6, 6.07) is 16.6. The van der Waals surface area contributed by atoms with Crippen molar-refractivity contribution in [2.45, 2.75) is 71.8 Å². The van der Waals surface area contributed by atoms with E-state index in [4.69, 9.17) is 4.74 Å². The molecule has 0 N–H and O–H groups in total. The molecule has 0 aliphatic heterocycles. The zero-order chi connectivity index (χ0) is 20.9. The first-order chi connectivity index (χ1) is 14.2. The molecule has 3 nitrogen and oxygen atoms in total. The summed E-state index contributed by atoms with van der Waals surface area (Å²) in [7, 11) is 1.91. The number of benzene rings is 2. The highest BCUT2D eigenvalue weighted by molar-refractivity contribution is 5.76. The van der Waals surface area contributed by atoms with Crippen molar-refractivity contribution >= 4 is 5.91 Å². The van der Waals surface area contributed by atoms with Gasteiger partial charge in [-0.1, -0.05) is 82.3 Å². The number of nitrogens with zero attached hydrogens (tertiary/aromatic N) is 1. The van der Waals surface area contributed by atoms with E-state index < -0.39 is 0 Å². The second-order valence-corrected chi connectivity index (χ2v) is 7.81. The molecule has 0 spiro atoms. The number of carbonyl (C=O) groups is 1. The van der Waals surface area contributed by atoms with Crippen molar-refractivity contribution in [3.63, 3.8) is 0 Å². The molecule has 3 heteroatoms. The van der Waals surface area contributed by atoms with Crippen molar-refractivity contribution in [1.82, 2.24) is 4.90 Å². The largest absolute Gasteiger partial charge is 0.493 e. The summed E-state index contributed by atoms with van der Waals surface area (Å²) in [6.07, 6.45) is 8.69. The number of carbonyl (C=O) groups excluding carboxylic acids is 1. The summed E-state index contributed by atoms with van der Waals surface area (Å²) in [5.74, 6) is 1.16. The Morgan fingerprint density at radius 2 is 1.66 bits per heavy atom. The number of hydrogen-bond donors (Lipinski definition) is 0. The Balaban J connectivity index is 1.98. The number of amides is 1. The van der Waals surface area contributed by atoms with E-state index in [9.17, 15) is 4.79 Å². The first-order valence-electron chi connectivity index (χ1n) is 11.2. The second-order valence-electron chi connectivity index (χ2n) is 7.81. The SMILES string of the molecule is CCCCCCCC(=O)N(C)Cc1cccc(-c2ccccc2OCCCC)c1. The van der Waals surface area contributed by atoms with E-state index in [-0.39, 0.29) is 5.91 Å². The minimum absolute atomic E-state index is 0.232. The highest BCUT2D eigenvalue weighted by Gasteiger charge is 2.11. The van der Waals surface area contributed by atoms with Gasteiger partial charge in [-0.05, 0) is 36.1 Å². The summed E-state index contributed by atoms with van der Waals surface area (Å²) in [6.45, 7) is 5.76. The van der Waals surface area contributed by atoms with E-state index >= 15 is 0 Å². The molecule has 0 radical (unpaired) electrons. The Bertz CT molecular complexity index is 741. The third-order valence-electron chi connectivity index (χ3n) is 5.22. The minimum atomic E-state index is 0.232. The summed E-state index contributed by atoms with van der Waals surface area (Å²) < 4.78 is 6.00. The molecule has 0 heterocycles. The number of unbranched alkanes of at least 4 members (excludes halogenated alkanes) is 5. The van der Waals surface area contributed by atoms with Crippen LogP contribution >= 0.6 is 0 Å². The Hall–Kier alpha value is -2.29. The van der Waals surface area contributed by atoms with Crippen LogP contribution in [0.15, 0.2) is 48.5 Å². The lowest BCUT2D eigenvalue weighted by Crippen LogP contribution is -2.25. The highest BCUT2D eigenvalue weighted by atomic mass is 16.5. The van der Waals surface area contributed by atoms with Gasteiger partial charge in [0.25, 0.3) is 0 Å². The van der Waals surface area contributed by atoms with Crippen molar-refractivity contribution in [3.8, 4) is 16.9 Å². The van der Waals surface area contributed by atoms with E-state index in [0.29, 0.717) is 13.0 Å². The summed E-state index contributed by atoms with van der Waals surface area (Å²) in [5, 5.41) is 0. The van der Waals surface area contributed by atoms with Crippen LogP contribution in [0.3, 0.4) is 0 Å². The Kier molecular flexibility index (Phi) is 10.3. The highest BCUT2D eigenvalue weighted by Crippen LogP contribution is 2.30. The number of para-hydroxylation sites is 1. The number of ether oxygens (including phenoxy) is 1. The maximum absolute atomic E-state index is 12.4. The van der Waals surface area contributed by atoms with Gasteiger partial charge in [-0.3, -0.25) is 4.79 Å². The van der Waals surface area contributed by atoms with Gasteiger partial charge in [0, 0.05) is 25.6 Å². The molecule has 0 bridgehead atoms. The van der Waals surface area contributed by atoms with E-state index in [2.05, 4.69) is 44.2 Å². The molecule has 0 aliphatic rings. The summed E-state index contributed by atoms with van der Waals surface area (Å²) in [5.41, 5.74) is 3.39. The van der Waals surface area contributed by atoms with Crippen LogP contribution in [-0.4, -0.2) is 24.5 Å². The molecule has 0 saturated carbocycles. The predicted octanol–water partition coefficient (Wildman–Crippen LogP) is 6.85. The maximum atomic E-state index is 12.4. The summed E-state index contributed by atoms with van der Waals surface area (Å²) >= 11 is 0. The lowest BCUT2D eigenvalue weighted by atomic mass is 10.0. The third-order valence-corrected chi connectivity index (χ3v) is 5.22. The van der Waals surface area contributed by atoms with E-state index in [1.165, 1.54) is 19.3 Å². The van der Waals surface area contributed by atoms with Crippen molar-refractivity contribution in [2.75, 3.05) is 13.7 Å². The first kappa shape index (κ1) is 23.0. The fourth-order valence-electron chi connectivity index (χ4n) is 3.43. The molecule has 0 saturated heterocycles. The topological polar surface area (TPSA) is 29.5 Å². The molecule has 158 valence electrons. The zero-order valence-electron chi connectivity index (χ0n) is 18.5. The maximum Gasteiger partial charge on any atom is 0.222 e. The molecule has 0 unspecified atom stereocenters. The van der Waals surface area contributed by atoms with E-state index in [1.807, 2.05) is 30.1 Å². The number of rotatable bonds is 13. The Morgan fingerprint density at radius 3 is 2.45 bits per heavy atom. The molecule has 0 fully saturated rings. The Labute approximate surface area is 177 Å². The van der Waals surface area contributed by atoms with Crippen LogP contribution in [0.4, 0.5) is 0 Å². The van der Waals surface area contributed by atoms with Crippen LogP contribution in [0.1, 0.15) is 70.8 Å². The van der Waals surface area contributed by atoms with Crippen molar-refractivity contribution < 1.29 is 9.53 Å². The van der Waals surface area contributed by atoms with Crippen molar-refractivity contribution in [1.29, 1.82) is 0 Å². The van der Waals surface area contributed by atoms with Gasteiger partial charge in [-0.25, -0.2) is 0 Å². The molecule has 0 aliphatic carbocycles. The molecule has 2 aromatic carbocycles. The molecule has 1 amide bonds. The van der Waals surface area contributed by atoms with Gasteiger partial charge in [0.1, 0.15) is 5.75 Å². The molecular formula is C26H37NO2. The van der Waals surface area contributed by atoms with Crippen molar-refractivity contribution in [2.24, 2.45) is 0 Å². The summed E-state index contributed by atoms with van der Waals surface area (Å²) in [4.78, 5) is 14.3. The van der Waals surface area contributed by atoms with Crippen LogP contribution in [-0.2, 0) is 11.3 Å². The molecule has 0 atom stereocenters. The third kappa shape index (κ3) is 7.92. The first-order valence-corrected chi connectivity index (χ1v) is 11.2. The van der Waals surface area contributed by atoms with Gasteiger partial charge >= 0.3 is 0 Å². The lowest BCUT2D eigenvalue weighted by molar-refractivity contribution is -0.130. The van der Waals surface area contributed by atoms with Gasteiger partial charge in [-0.15, -0.1) is 0 Å². The standard InChI is InChI=1S/C26H37NO2/c1-4-6-8-9-10-18-26(28)27(3)21-22-14-13-15-23(20-22)24-16-11-12-17-25(24)29-19-7-5-2/h11-17,20H,4-10,18-19,21H2,1-3H3. The van der Waals surface area contributed by atoms with Crippen LogP contribution in [0.5, 0.6) is 5.75 Å². The van der Waals surface area contributed by atoms with Gasteiger partial charge in [0.2, 0.25) is 5.91 Å². The van der Waals surface area contributed by atoms with Gasteiger partial charge in [0.05, 0.1) is 6.61 Å². The molecule has 2 rings (SSSR count). The average molecular weight is 396 g/mol. The van der Waals surface area contributed by atoms with Gasteiger partial charge in [0.15, 0.2) is 0 Å². The predicted molar refractivity (Wildman–Crippen MR) is 122 cm³/mol. The minimum Gasteiger partial charge on any atom is -0.493 e. The fourth-order valence-corrected chi connectivity index (χ4v) is 3.43. The van der Waals surface area contributed by atoms with E-state index in [1.54, 1.807) is 0 Å². The molecule has 29 heavy (non-hydrogen) atoms. The lowest BCUT2D eigenvalue weighted by Gasteiger charge is -2.18. The van der Waals surface area contributed by atoms with Crippen LogP contribution in [0.2, 0.25) is 0 Å². The Morgan fingerprint density at radius 1 is 0.897 bits per heavy atom. The fraction of sp³-hybridized carbons (Fsp3) is 0.500. The van der Waals surface area contributed by atoms with E-state index in [0.717, 1.165) is 54.7 Å². The van der Waals surface area contributed by atoms with Crippen LogP contribution in [0, 0.1) is 0 Å². The second kappa shape index (κ2) is 13.0. The average Bonchev–Trinajstić information content (AvgIpc) is 2.74. The smallest absolute Gasteiger partial charge is 0.222 e. The zero-order valence-corrected chi connectivity index (χ0v) is 18.5. The van der Waals surface area contributed by atoms with Gasteiger partial charge in [-0.2, -0.15) is 0 Å². The van der Waals surface area contributed by atoms with Crippen LogP contribution < -0.4 is 4.74 Å². The monoisotopic (exact) mass is 395 g/mol.